The highest BCUT2D eigenvalue weighted by Crippen LogP contribution is 2.36. The molecule has 5 nitrogen and oxygen atoms in total. The molecule has 110 valence electrons. The van der Waals surface area contributed by atoms with Gasteiger partial charge in [0.25, 0.3) is 0 Å². The van der Waals surface area contributed by atoms with Gasteiger partial charge >= 0.3 is 5.97 Å². The van der Waals surface area contributed by atoms with E-state index < -0.39 is 17.5 Å². The van der Waals surface area contributed by atoms with Gasteiger partial charge in [0.15, 0.2) is 11.5 Å². The topological polar surface area (TPSA) is 76.0 Å². The largest absolute Gasteiger partial charge is 0.490 e. The first kappa shape index (κ1) is 14.7. The first-order valence-electron chi connectivity index (χ1n) is 6.71. The molecule has 1 unspecified atom stereocenters. The number of rotatable bonds is 4. The summed E-state index contributed by atoms with van der Waals surface area (Å²) in [7, 11) is 0. The summed E-state index contributed by atoms with van der Waals surface area (Å²) in [4.78, 5) is 11.1. The zero-order chi connectivity index (χ0) is 14.8. The van der Waals surface area contributed by atoms with Crippen molar-refractivity contribution < 1.29 is 24.5 Å². The molecule has 0 bridgehead atoms. The van der Waals surface area contributed by atoms with Gasteiger partial charge in [-0.3, -0.25) is 4.79 Å². The minimum atomic E-state index is -0.983. The van der Waals surface area contributed by atoms with E-state index in [1.54, 1.807) is 32.0 Å². The Kier molecular flexibility index (Phi) is 4.18. The molecule has 1 atom stereocenters. The lowest BCUT2D eigenvalue weighted by atomic mass is 9.85. The van der Waals surface area contributed by atoms with E-state index in [2.05, 4.69) is 0 Å². The molecular weight excluding hydrogens is 260 g/mol. The van der Waals surface area contributed by atoms with Gasteiger partial charge in [0.2, 0.25) is 0 Å². The molecule has 0 radical (unpaired) electrons. The number of aliphatic carboxylic acids is 1. The van der Waals surface area contributed by atoms with Crippen LogP contribution in [-0.4, -0.2) is 29.4 Å². The maximum atomic E-state index is 11.1. The summed E-state index contributed by atoms with van der Waals surface area (Å²) >= 11 is 0. The zero-order valence-electron chi connectivity index (χ0n) is 11.8. The molecule has 0 fully saturated rings. The van der Waals surface area contributed by atoms with Gasteiger partial charge < -0.3 is 19.7 Å². The van der Waals surface area contributed by atoms with Crippen LogP contribution in [-0.2, 0) is 4.79 Å². The average molecular weight is 280 g/mol. The molecule has 0 saturated carbocycles. The van der Waals surface area contributed by atoms with E-state index in [0.29, 0.717) is 30.3 Å². The highest BCUT2D eigenvalue weighted by atomic mass is 16.5. The Hall–Kier alpha value is -1.75. The Labute approximate surface area is 118 Å². The van der Waals surface area contributed by atoms with Crippen LogP contribution in [0.1, 0.15) is 38.4 Å². The van der Waals surface area contributed by atoms with Gasteiger partial charge in [0, 0.05) is 6.42 Å². The van der Waals surface area contributed by atoms with Crippen molar-refractivity contribution in [2.45, 2.75) is 32.8 Å². The summed E-state index contributed by atoms with van der Waals surface area (Å²) in [5, 5.41) is 19.3. The highest BCUT2D eigenvalue weighted by Gasteiger charge is 2.31. The molecule has 0 spiro atoms. The van der Waals surface area contributed by atoms with Crippen molar-refractivity contribution >= 4 is 5.97 Å². The summed E-state index contributed by atoms with van der Waals surface area (Å²) in [5.74, 6) is 0.342. The van der Waals surface area contributed by atoms with Gasteiger partial charge in [-0.15, -0.1) is 0 Å². The second-order valence-electron chi connectivity index (χ2n) is 5.67. The molecule has 0 saturated heterocycles. The fourth-order valence-electron chi connectivity index (χ4n) is 2.08. The molecule has 20 heavy (non-hydrogen) atoms. The molecule has 5 heteroatoms. The first-order valence-corrected chi connectivity index (χ1v) is 6.71. The predicted octanol–water partition coefficient (Wildman–Crippen LogP) is 2.38. The lowest BCUT2D eigenvalue weighted by Gasteiger charge is -2.23. The number of benzene rings is 1. The van der Waals surface area contributed by atoms with Crippen molar-refractivity contribution in [1.82, 2.24) is 0 Å². The van der Waals surface area contributed by atoms with E-state index in [1.807, 2.05) is 0 Å². The van der Waals surface area contributed by atoms with Crippen molar-refractivity contribution in [1.29, 1.82) is 0 Å². The van der Waals surface area contributed by atoms with Crippen LogP contribution >= 0.6 is 0 Å². The van der Waals surface area contributed by atoms with Gasteiger partial charge in [0.1, 0.15) is 0 Å². The van der Waals surface area contributed by atoms with Crippen molar-refractivity contribution in [2.75, 3.05) is 13.2 Å². The number of carboxylic acid groups (broad SMARTS) is 1. The summed E-state index contributed by atoms with van der Waals surface area (Å²) in [5.41, 5.74) is -0.340. The van der Waals surface area contributed by atoms with Crippen LogP contribution in [0.3, 0.4) is 0 Å². The summed E-state index contributed by atoms with van der Waals surface area (Å²) in [6.45, 7) is 4.39. The van der Waals surface area contributed by atoms with E-state index in [9.17, 15) is 9.90 Å². The third-order valence-electron chi connectivity index (χ3n) is 3.44. The Morgan fingerprint density at radius 2 is 1.95 bits per heavy atom. The van der Waals surface area contributed by atoms with Crippen LogP contribution in [0.5, 0.6) is 11.5 Å². The number of hydrogen-bond donors (Lipinski definition) is 2. The number of carbonyl (C=O) groups is 1. The molecule has 2 rings (SSSR count). The van der Waals surface area contributed by atoms with E-state index in [0.717, 1.165) is 6.42 Å². The zero-order valence-corrected chi connectivity index (χ0v) is 11.8. The quantitative estimate of drug-likeness (QED) is 0.885. The highest BCUT2D eigenvalue weighted by molar-refractivity contribution is 5.73. The number of carboxylic acids is 1. The monoisotopic (exact) mass is 280 g/mol. The van der Waals surface area contributed by atoms with Crippen LogP contribution in [0.2, 0.25) is 0 Å². The number of fused-ring (bicyclic) bond motifs is 1. The van der Waals surface area contributed by atoms with Crippen molar-refractivity contribution in [3.8, 4) is 11.5 Å². The van der Waals surface area contributed by atoms with Crippen molar-refractivity contribution in [3.05, 3.63) is 23.8 Å². The van der Waals surface area contributed by atoms with Crippen LogP contribution in [0.15, 0.2) is 18.2 Å². The van der Waals surface area contributed by atoms with E-state index in [-0.39, 0.29) is 6.42 Å². The van der Waals surface area contributed by atoms with E-state index in [4.69, 9.17) is 14.6 Å². The third kappa shape index (κ3) is 3.22. The molecule has 2 N–H and O–H groups in total. The van der Waals surface area contributed by atoms with Crippen molar-refractivity contribution in [2.24, 2.45) is 5.41 Å². The van der Waals surface area contributed by atoms with Crippen LogP contribution in [0.25, 0.3) is 0 Å². The number of aliphatic hydroxyl groups excluding tert-OH is 1. The van der Waals surface area contributed by atoms with Gasteiger partial charge in [-0.2, -0.15) is 0 Å². The standard InChI is InChI=1S/C15H20O5/c1-15(2,14(17)18)9-11(16)10-4-5-12-13(8-10)20-7-3-6-19-12/h4-5,8,11,16H,3,6-7,9H2,1-2H3,(H,17,18). The molecule has 1 aliphatic heterocycles. The summed E-state index contributed by atoms with van der Waals surface area (Å²) in [6.07, 6.45) is 0.110. The average Bonchev–Trinajstić information content (AvgIpc) is 2.62. The normalized spacial score (nSPS) is 16.4. The summed E-state index contributed by atoms with van der Waals surface area (Å²) in [6, 6.07) is 5.23. The molecule has 0 aromatic heterocycles. The maximum absolute atomic E-state index is 11.1. The molecule has 1 aromatic carbocycles. The molecule has 1 heterocycles. The van der Waals surface area contributed by atoms with Crippen LogP contribution in [0.4, 0.5) is 0 Å². The van der Waals surface area contributed by atoms with Gasteiger partial charge in [-0.05, 0) is 38.0 Å². The molecule has 1 aromatic rings. The van der Waals surface area contributed by atoms with Gasteiger partial charge in [-0.1, -0.05) is 6.07 Å². The SMILES string of the molecule is CC(C)(CC(O)c1ccc2c(c1)OCCCO2)C(=O)O. The first-order chi connectivity index (χ1) is 9.40. The lowest BCUT2D eigenvalue weighted by Crippen LogP contribution is -2.26. The second-order valence-corrected chi connectivity index (χ2v) is 5.67. The summed E-state index contributed by atoms with van der Waals surface area (Å²) < 4.78 is 11.1. The predicted molar refractivity (Wildman–Crippen MR) is 73.0 cm³/mol. The van der Waals surface area contributed by atoms with Crippen LogP contribution < -0.4 is 9.47 Å². The number of aliphatic hydroxyl groups is 1. The lowest BCUT2D eigenvalue weighted by molar-refractivity contribution is -0.148. The minimum absolute atomic E-state index is 0.141. The Balaban J connectivity index is 2.17. The number of hydrogen-bond acceptors (Lipinski definition) is 4. The van der Waals surface area contributed by atoms with E-state index in [1.165, 1.54) is 0 Å². The molecule has 0 aliphatic carbocycles. The van der Waals surface area contributed by atoms with Crippen molar-refractivity contribution in [3.63, 3.8) is 0 Å². The fourth-order valence-corrected chi connectivity index (χ4v) is 2.08. The third-order valence-corrected chi connectivity index (χ3v) is 3.44. The minimum Gasteiger partial charge on any atom is -0.490 e. The Bertz CT molecular complexity index is 495. The smallest absolute Gasteiger partial charge is 0.309 e. The fraction of sp³-hybridized carbons (Fsp3) is 0.533. The molecule has 1 aliphatic rings. The van der Waals surface area contributed by atoms with E-state index >= 15 is 0 Å². The second kappa shape index (κ2) is 5.71. The van der Waals surface area contributed by atoms with Gasteiger partial charge in [-0.25, -0.2) is 0 Å². The molecular formula is C15H20O5. The van der Waals surface area contributed by atoms with Crippen LogP contribution in [0, 0.1) is 5.41 Å². The van der Waals surface area contributed by atoms with Gasteiger partial charge in [0.05, 0.1) is 24.7 Å². The molecule has 0 amide bonds. The Morgan fingerprint density at radius 3 is 2.60 bits per heavy atom. The Morgan fingerprint density at radius 1 is 1.30 bits per heavy atom. The maximum Gasteiger partial charge on any atom is 0.309 e. The number of ether oxygens (including phenoxy) is 2.